The molecule has 0 aliphatic carbocycles. The predicted molar refractivity (Wildman–Crippen MR) is 60.4 cm³/mol. The van der Waals surface area contributed by atoms with Gasteiger partial charge in [0.25, 0.3) is 0 Å². The Kier molecular flexibility index (Phi) is 5.20. The zero-order chi connectivity index (χ0) is 10.4. The summed E-state index contributed by atoms with van der Waals surface area (Å²) in [6, 6.07) is 0. The SMILES string of the molecule is CCNCC(=CC1CCOC1)C(C)C. The molecule has 0 radical (unpaired) electrons. The van der Waals surface area contributed by atoms with E-state index >= 15 is 0 Å². The van der Waals surface area contributed by atoms with Gasteiger partial charge in [0.1, 0.15) is 0 Å². The summed E-state index contributed by atoms with van der Waals surface area (Å²) >= 11 is 0. The van der Waals surface area contributed by atoms with Crippen LogP contribution < -0.4 is 5.32 Å². The summed E-state index contributed by atoms with van der Waals surface area (Å²) in [4.78, 5) is 0. The first-order valence-corrected chi connectivity index (χ1v) is 5.73. The van der Waals surface area contributed by atoms with Gasteiger partial charge in [-0.1, -0.05) is 32.4 Å². The van der Waals surface area contributed by atoms with Crippen molar-refractivity contribution >= 4 is 0 Å². The predicted octanol–water partition coefficient (Wildman–Crippen LogP) is 2.21. The quantitative estimate of drug-likeness (QED) is 0.682. The minimum Gasteiger partial charge on any atom is -0.381 e. The third-order valence-corrected chi connectivity index (χ3v) is 2.74. The second-order valence-electron chi connectivity index (χ2n) is 4.30. The Morgan fingerprint density at radius 2 is 2.36 bits per heavy atom. The van der Waals surface area contributed by atoms with Gasteiger partial charge in [0, 0.05) is 19.1 Å². The fraction of sp³-hybridized carbons (Fsp3) is 0.833. The fourth-order valence-electron chi connectivity index (χ4n) is 1.71. The normalized spacial score (nSPS) is 23.4. The highest BCUT2D eigenvalue weighted by Gasteiger charge is 2.14. The van der Waals surface area contributed by atoms with Gasteiger partial charge >= 0.3 is 0 Å². The monoisotopic (exact) mass is 197 g/mol. The number of likely N-dealkylation sites (N-methyl/N-ethyl adjacent to an activating group) is 1. The van der Waals surface area contributed by atoms with Crippen molar-refractivity contribution < 1.29 is 4.74 Å². The van der Waals surface area contributed by atoms with E-state index in [-0.39, 0.29) is 0 Å². The van der Waals surface area contributed by atoms with Crippen LogP contribution in [0.5, 0.6) is 0 Å². The number of hydrogen-bond acceptors (Lipinski definition) is 2. The molecule has 2 nitrogen and oxygen atoms in total. The maximum atomic E-state index is 5.38. The maximum Gasteiger partial charge on any atom is 0.0529 e. The van der Waals surface area contributed by atoms with Crippen LogP contribution in [0.25, 0.3) is 0 Å². The van der Waals surface area contributed by atoms with Crippen molar-refractivity contribution in [2.75, 3.05) is 26.3 Å². The van der Waals surface area contributed by atoms with Crippen LogP contribution in [0.15, 0.2) is 11.6 Å². The Bertz CT molecular complexity index is 181. The second-order valence-corrected chi connectivity index (χ2v) is 4.30. The molecule has 0 aromatic rings. The van der Waals surface area contributed by atoms with Crippen molar-refractivity contribution in [1.82, 2.24) is 5.32 Å². The maximum absolute atomic E-state index is 5.38. The molecule has 1 rings (SSSR count). The highest BCUT2D eigenvalue weighted by molar-refractivity contribution is 5.09. The highest BCUT2D eigenvalue weighted by atomic mass is 16.5. The molecule has 1 aliphatic rings. The van der Waals surface area contributed by atoms with Gasteiger partial charge in [-0.25, -0.2) is 0 Å². The van der Waals surface area contributed by atoms with Crippen LogP contribution in [0.4, 0.5) is 0 Å². The van der Waals surface area contributed by atoms with Gasteiger partial charge in [-0.15, -0.1) is 0 Å². The van der Waals surface area contributed by atoms with Crippen molar-refractivity contribution in [3.8, 4) is 0 Å². The molecule has 1 fully saturated rings. The van der Waals surface area contributed by atoms with Gasteiger partial charge in [0.2, 0.25) is 0 Å². The third-order valence-electron chi connectivity index (χ3n) is 2.74. The van der Waals surface area contributed by atoms with E-state index in [0.29, 0.717) is 11.8 Å². The van der Waals surface area contributed by atoms with Crippen LogP contribution in [-0.2, 0) is 4.74 Å². The first kappa shape index (κ1) is 11.7. The van der Waals surface area contributed by atoms with Crippen LogP contribution in [0.1, 0.15) is 27.2 Å². The van der Waals surface area contributed by atoms with E-state index in [2.05, 4.69) is 32.2 Å². The summed E-state index contributed by atoms with van der Waals surface area (Å²) in [5.74, 6) is 1.31. The van der Waals surface area contributed by atoms with Crippen LogP contribution >= 0.6 is 0 Å². The summed E-state index contributed by atoms with van der Waals surface area (Å²) in [6.07, 6.45) is 3.61. The standard InChI is InChI=1S/C12H23NO/c1-4-13-8-12(10(2)3)7-11-5-6-14-9-11/h7,10-11,13H,4-6,8-9H2,1-3H3. The second kappa shape index (κ2) is 6.20. The first-order valence-electron chi connectivity index (χ1n) is 5.73. The van der Waals surface area contributed by atoms with Gasteiger partial charge in [-0.3, -0.25) is 0 Å². The van der Waals surface area contributed by atoms with Crippen LogP contribution in [0, 0.1) is 11.8 Å². The van der Waals surface area contributed by atoms with E-state index in [1.54, 1.807) is 0 Å². The zero-order valence-corrected chi connectivity index (χ0v) is 9.68. The topological polar surface area (TPSA) is 21.3 Å². The Morgan fingerprint density at radius 1 is 1.57 bits per heavy atom. The lowest BCUT2D eigenvalue weighted by molar-refractivity contribution is 0.191. The smallest absolute Gasteiger partial charge is 0.0529 e. The van der Waals surface area contributed by atoms with Crippen LogP contribution in [-0.4, -0.2) is 26.3 Å². The van der Waals surface area contributed by atoms with Crippen molar-refractivity contribution in [2.45, 2.75) is 27.2 Å². The Hall–Kier alpha value is -0.340. The molecule has 1 heterocycles. The number of nitrogens with one attached hydrogen (secondary N) is 1. The summed E-state index contributed by atoms with van der Waals surface area (Å²) in [6.45, 7) is 10.6. The molecule has 1 saturated heterocycles. The van der Waals surface area contributed by atoms with Gasteiger partial charge in [0.15, 0.2) is 0 Å². The van der Waals surface area contributed by atoms with Crippen LogP contribution in [0.2, 0.25) is 0 Å². The average molecular weight is 197 g/mol. The van der Waals surface area contributed by atoms with E-state index in [9.17, 15) is 0 Å². The van der Waals surface area contributed by atoms with Gasteiger partial charge in [-0.05, 0) is 18.9 Å². The van der Waals surface area contributed by atoms with E-state index in [1.807, 2.05) is 0 Å². The minimum atomic E-state index is 0.648. The lowest BCUT2D eigenvalue weighted by Crippen LogP contribution is -2.19. The molecule has 2 heteroatoms. The van der Waals surface area contributed by atoms with Crippen molar-refractivity contribution in [3.05, 3.63) is 11.6 Å². The number of rotatable bonds is 5. The molecule has 82 valence electrons. The molecule has 1 N–H and O–H groups in total. The van der Waals surface area contributed by atoms with Gasteiger partial charge in [-0.2, -0.15) is 0 Å². The number of hydrogen-bond donors (Lipinski definition) is 1. The summed E-state index contributed by atoms with van der Waals surface area (Å²) in [7, 11) is 0. The fourth-order valence-corrected chi connectivity index (χ4v) is 1.71. The molecule has 14 heavy (non-hydrogen) atoms. The Morgan fingerprint density at radius 3 is 2.86 bits per heavy atom. The molecule has 0 amide bonds. The van der Waals surface area contributed by atoms with Crippen LogP contribution in [0.3, 0.4) is 0 Å². The van der Waals surface area contributed by atoms with Crippen molar-refractivity contribution in [3.63, 3.8) is 0 Å². The Labute approximate surface area is 87.7 Å². The molecular formula is C12H23NO. The number of ether oxygens (including phenoxy) is 1. The summed E-state index contributed by atoms with van der Waals surface area (Å²) in [5, 5.41) is 3.39. The van der Waals surface area contributed by atoms with E-state index < -0.39 is 0 Å². The van der Waals surface area contributed by atoms with E-state index in [4.69, 9.17) is 4.74 Å². The lowest BCUT2D eigenvalue weighted by atomic mass is 9.97. The molecule has 1 aliphatic heterocycles. The molecule has 0 aromatic carbocycles. The van der Waals surface area contributed by atoms with Gasteiger partial charge < -0.3 is 10.1 Å². The summed E-state index contributed by atoms with van der Waals surface area (Å²) in [5.41, 5.74) is 1.53. The molecule has 0 saturated carbocycles. The van der Waals surface area contributed by atoms with Crippen molar-refractivity contribution in [1.29, 1.82) is 0 Å². The molecule has 0 spiro atoms. The highest BCUT2D eigenvalue weighted by Crippen LogP contribution is 2.19. The first-order chi connectivity index (χ1) is 6.74. The molecule has 1 unspecified atom stereocenters. The van der Waals surface area contributed by atoms with E-state index in [0.717, 1.165) is 26.3 Å². The zero-order valence-electron chi connectivity index (χ0n) is 9.68. The van der Waals surface area contributed by atoms with E-state index in [1.165, 1.54) is 12.0 Å². The largest absolute Gasteiger partial charge is 0.381 e. The minimum absolute atomic E-state index is 0.648. The lowest BCUT2D eigenvalue weighted by Gasteiger charge is -2.14. The Balaban J connectivity index is 2.46. The summed E-state index contributed by atoms with van der Waals surface area (Å²) < 4.78 is 5.38. The molecule has 0 bridgehead atoms. The average Bonchev–Trinajstić information content (AvgIpc) is 2.64. The third kappa shape index (κ3) is 3.81. The molecular weight excluding hydrogens is 174 g/mol. The molecule has 1 atom stereocenters. The van der Waals surface area contributed by atoms with Gasteiger partial charge in [0.05, 0.1) is 6.61 Å². The van der Waals surface area contributed by atoms with Crippen molar-refractivity contribution in [2.24, 2.45) is 11.8 Å². The molecule has 0 aromatic heterocycles.